The number of amides is 1. The normalized spacial score (nSPS) is 10.5. The van der Waals surface area contributed by atoms with E-state index in [1.54, 1.807) is 29.4 Å². The molecule has 5 heteroatoms. The van der Waals surface area contributed by atoms with Crippen molar-refractivity contribution in [2.75, 3.05) is 6.61 Å². The van der Waals surface area contributed by atoms with Gasteiger partial charge in [0.05, 0.1) is 12.8 Å². The molecule has 0 aliphatic heterocycles. The number of benzene rings is 2. The van der Waals surface area contributed by atoms with Gasteiger partial charge in [-0.25, -0.2) is 4.39 Å². The largest absolute Gasteiger partial charge is 0.484 e. The summed E-state index contributed by atoms with van der Waals surface area (Å²) in [6.07, 6.45) is 1.57. The van der Waals surface area contributed by atoms with Crippen LogP contribution in [-0.4, -0.2) is 17.4 Å². The predicted molar refractivity (Wildman–Crippen MR) is 96.0 cm³/mol. The average Bonchev–Trinajstić information content (AvgIpc) is 3.15. The number of rotatable bonds is 7. The van der Waals surface area contributed by atoms with E-state index >= 15 is 0 Å². The van der Waals surface area contributed by atoms with Crippen LogP contribution in [0.15, 0.2) is 71.3 Å². The molecule has 26 heavy (non-hydrogen) atoms. The standard InChI is InChI=1S/C21H20FNO3/c1-16-4-10-19(11-5-16)26-15-21(24)23(14-20-3-2-12-25-20)13-17-6-8-18(22)9-7-17/h2-12H,13-15H2,1H3. The fourth-order valence-electron chi connectivity index (χ4n) is 2.50. The van der Waals surface area contributed by atoms with Crippen molar-refractivity contribution in [3.05, 3.63) is 89.6 Å². The lowest BCUT2D eigenvalue weighted by molar-refractivity contribution is -0.134. The van der Waals surface area contributed by atoms with E-state index in [2.05, 4.69) is 0 Å². The summed E-state index contributed by atoms with van der Waals surface area (Å²) in [5.74, 6) is 0.839. The van der Waals surface area contributed by atoms with Gasteiger partial charge in [0.1, 0.15) is 17.3 Å². The molecule has 0 N–H and O–H groups in total. The highest BCUT2D eigenvalue weighted by atomic mass is 19.1. The highest BCUT2D eigenvalue weighted by Crippen LogP contribution is 2.14. The van der Waals surface area contributed by atoms with Gasteiger partial charge in [-0.2, -0.15) is 0 Å². The van der Waals surface area contributed by atoms with E-state index in [1.807, 2.05) is 37.3 Å². The summed E-state index contributed by atoms with van der Waals surface area (Å²) in [5, 5.41) is 0. The van der Waals surface area contributed by atoms with Gasteiger partial charge >= 0.3 is 0 Å². The van der Waals surface area contributed by atoms with Crippen molar-refractivity contribution >= 4 is 5.91 Å². The van der Waals surface area contributed by atoms with Crippen molar-refractivity contribution in [3.63, 3.8) is 0 Å². The van der Waals surface area contributed by atoms with Crippen LogP contribution >= 0.6 is 0 Å². The Morgan fingerprint density at radius 3 is 2.42 bits per heavy atom. The molecule has 3 rings (SSSR count). The first-order valence-corrected chi connectivity index (χ1v) is 8.34. The Balaban J connectivity index is 1.67. The van der Waals surface area contributed by atoms with E-state index in [4.69, 9.17) is 9.15 Å². The van der Waals surface area contributed by atoms with Crippen LogP contribution in [0.3, 0.4) is 0 Å². The quantitative estimate of drug-likeness (QED) is 0.635. The molecule has 0 saturated heterocycles. The van der Waals surface area contributed by atoms with Gasteiger partial charge in [0, 0.05) is 6.54 Å². The van der Waals surface area contributed by atoms with Crippen LogP contribution in [0.4, 0.5) is 4.39 Å². The number of hydrogen-bond donors (Lipinski definition) is 0. The van der Waals surface area contributed by atoms with Crippen molar-refractivity contribution in [1.29, 1.82) is 0 Å². The van der Waals surface area contributed by atoms with E-state index in [1.165, 1.54) is 12.1 Å². The highest BCUT2D eigenvalue weighted by molar-refractivity contribution is 5.77. The van der Waals surface area contributed by atoms with Gasteiger partial charge < -0.3 is 14.1 Å². The first kappa shape index (κ1) is 17.7. The fourth-order valence-corrected chi connectivity index (χ4v) is 2.50. The minimum atomic E-state index is -0.305. The number of aryl methyl sites for hydroxylation is 1. The molecular weight excluding hydrogens is 333 g/mol. The van der Waals surface area contributed by atoms with Gasteiger partial charge in [0.2, 0.25) is 0 Å². The lowest BCUT2D eigenvalue weighted by atomic mass is 10.2. The van der Waals surface area contributed by atoms with E-state index < -0.39 is 0 Å². The number of nitrogens with zero attached hydrogens (tertiary/aromatic N) is 1. The second-order valence-electron chi connectivity index (χ2n) is 6.06. The van der Waals surface area contributed by atoms with Gasteiger partial charge in [-0.1, -0.05) is 29.8 Å². The Morgan fingerprint density at radius 1 is 1.04 bits per heavy atom. The molecule has 1 amide bonds. The summed E-state index contributed by atoms with van der Waals surface area (Å²) < 4.78 is 24.1. The summed E-state index contributed by atoms with van der Waals surface area (Å²) in [7, 11) is 0. The zero-order chi connectivity index (χ0) is 18.4. The molecule has 0 aliphatic carbocycles. The SMILES string of the molecule is Cc1ccc(OCC(=O)N(Cc2ccc(F)cc2)Cc2ccco2)cc1. The first-order valence-electron chi connectivity index (χ1n) is 8.34. The Morgan fingerprint density at radius 2 is 1.77 bits per heavy atom. The topological polar surface area (TPSA) is 42.7 Å². The van der Waals surface area contributed by atoms with Crippen molar-refractivity contribution in [1.82, 2.24) is 4.90 Å². The molecule has 0 bridgehead atoms. The maximum atomic E-state index is 13.1. The summed E-state index contributed by atoms with van der Waals surface area (Å²) in [6, 6.07) is 17.2. The monoisotopic (exact) mass is 353 g/mol. The van der Waals surface area contributed by atoms with Crippen molar-refractivity contribution < 1.29 is 18.3 Å². The Kier molecular flexibility index (Phi) is 5.69. The lowest BCUT2D eigenvalue weighted by Crippen LogP contribution is -2.34. The number of ether oxygens (including phenoxy) is 1. The number of carbonyl (C=O) groups excluding carboxylic acids is 1. The van der Waals surface area contributed by atoms with Crippen LogP contribution in [0.1, 0.15) is 16.9 Å². The van der Waals surface area contributed by atoms with Gasteiger partial charge in [0.15, 0.2) is 6.61 Å². The molecule has 0 atom stereocenters. The summed E-state index contributed by atoms with van der Waals surface area (Å²) in [4.78, 5) is 14.3. The second-order valence-corrected chi connectivity index (χ2v) is 6.06. The minimum absolute atomic E-state index is 0.0784. The number of furan rings is 1. The molecule has 0 aliphatic rings. The zero-order valence-electron chi connectivity index (χ0n) is 14.5. The van der Waals surface area contributed by atoms with E-state index in [0.717, 1.165) is 11.1 Å². The number of hydrogen-bond acceptors (Lipinski definition) is 3. The van der Waals surface area contributed by atoms with Crippen molar-refractivity contribution in [3.8, 4) is 5.75 Å². The van der Waals surface area contributed by atoms with Crippen molar-refractivity contribution in [2.24, 2.45) is 0 Å². The molecule has 0 spiro atoms. The second kappa shape index (κ2) is 8.34. The Labute approximate surface area is 151 Å². The molecule has 3 aromatic rings. The average molecular weight is 353 g/mol. The Hall–Kier alpha value is -3.08. The van der Waals surface area contributed by atoms with Crippen LogP contribution < -0.4 is 4.74 Å². The highest BCUT2D eigenvalue weighted by Gasteiger charge is 2.17. The smallest absolute Gasteiger partial charge is 0.261 e. The number of carbonyl (C=O) groups is 1. The summed E-state index contributed by atoms with van der Waals surface area (Å²) >= 11 is 0. The molecule has 2 aromatic carbocycles. The maximum Gasteiger partial charge on any atom is 0.261 e. The van der Waals surface area contributed by atoms with Gasteiger partial charge in [-0.05, 0) is 48.9 Å². The van der Waals surface area contributed by atoms with Crippen LogP contribution in [0.25, 0.3) is 0 Å². The maximum absolute atomic E-state index is 13.1. The predicted octanol–water partition coefficient (Wildman–Crippen LogP) is 4.33. The number of halogens is 1. The van der Waals surface area contributed by atoms with E-state index in [9.17, 15) is 9.18 Å². The molecule has 0 saturated carbocycles. The first-order chi connectivity index (χ1) is 12.6. The summed E-state index contributed by atoms with van der Waals surface area (Å²) in [6.45, 7) is 2.57. The third-order valence-electron chi connectivity index (χ3n) is 3.95. The molecule has 1 aromatic heterocycles. The van der Waals surface area contributed by atoms with Crippen LogP contribution in [-0.2, 0) is 17.9 Å². The van der Waals surface area contributed by atoms with E-state index in [-0.39, 0.29) is 18.3 Å². The summed E-state index contributed by atoms with van der Waals surface area (Å²) in [5.41, 5.74) is 1.96. The minimum Gasteiger partial charge on any atom is -0.484 e. The molecule has 0 unspecified atom stereocenters. The van der Waals surface area contributed by atoms with Crippen LogP contribution in [0.5, 0.6) is 5.75 Å². The molecular formula is C21H20FNO3. The molecule has 1 heterocycles. The van der Waals surface area contributed by atoms with Crippen molar-refractivity contribution in [2.45, 2.75) is 20.0 Å². The molecule has 134 valence electrons. The zero-order valence-corrected chi connectivity index (χ0v) is 14.5. The van der Waals surface area contributed by atoms with E-state index in [0.29, 0.717) is 24.6 Å². The Bertz CT molecular complexity index is 827. The lowest BCUT2D eigenvalue weighted by Gasteiger charge is -2.22. The van der Waals surface area contributed by atoms with Gasteiger partial charge in [0.25, 0.3) is 5.91 Å². The van der Waals surface area contributed by atoms with Crippen LogP contribution in [0, 0.1) is 12.7 Å². The fraction of sp³-hybridized carbons (Fsp3) is 0.190. The third-order valence-corrected chi connectivity index (χ3v) is 3.95. The van der Waals surface area contributed by atoms with Crippen LogP contribution in [0.2, 0.25) is 0 Å². The third kappa shape index (κ3) is 4.96. The van der Waals surface area contributed by atoms with Gasteiger partial charge in [-0.15, -0.1) is 0 Å². The molecule has 4 nitrogen and oxygen atoms in total. The molecule has 0 radical (unpaired) electrons. The molecule has 0 fully saturated rings. The van der Waals surface area contributed by atoms with Gasteiger partial charge in [-0.3, -0.25) is 4.79 Å².